The number of methoxy groups -OCH3 is 2. The molecule has 3 rings (SSSR count). The van der Waals surface area contributed by atoms with Crippen LogP contribution in [0.15, 0.2) is 36.4 Å². The zero-order valence-electron chi connectivity index (χ0n) is 19.9. The van der Waals surface area contributed by atoms with Gasteiger partial charge in [-0.25, -0.2) is 0 Å². The lowest BCUT2D eigenvalue weighted by molar-refractivity contribution is 0.0851. The minimum Gasteiger partial charge on any atom is -0.493 e. The summed E-state index contributed by atoms with van der Waals surface area (Å²) in [6.07, 6.45) is 5.32. The summed E-state index contributed by atoms with van der Waals surface area (Å²) in [4.78, 5) is 2.29. The maximum Gasteiger partial charge on any atom is 0.306 e. The van der Waals surface area contributed by atoms with Gasteiger partial charge in [0.25, 0.3) is 0 Å². The average Bonchev–Trinajstić information content (AvgIpc) is 2.78. The third-order valence-corrected chi connectivity index (χ3v) is 6.76. The fourth-order valence-corrected chi connectivity index (χ4v) is 4.89. The smallest absolute Gasteiger partial charge is 0.306 e. The molecule has 0 radical (unpaired) electrons. The van der Waals surface area contributed by atoms with Crippen molar-refractivity contribution in [2.24, 2.45) is 5.92 Å². The van der Waals surface area contributed by atoms with E-state index < -0.39 is 16.2 Å². The van der Waals surface area contributed by atoms with Crippen molar-refractivity contribution in [3.05, 3.63) is 53.1 Å². The monoisotopic (exact) mass is 477 g/mol. The van der Waals surface area contributed by atoms with E-state index in [0.29, 0.717) is 17.2 Å². The molecule has 0 fully saturated rings. The van der Waals surface area contributed by atoms with E-state index in [9.17, 15) is 13.5 Å². The summed E-state index contributed by atoms with van der Waals surface area (Å²) in [6, 6.07) is 11.1. The molecule has 0 saturated heterocycles. The Bertz CT molecular complexity index is 1020. The van der Waals surface area contributed by atoms with Gasteiger partial charge in [0.15, 0.2) is 11.5 Å². The molecule has 7 nitrogen and oxygen atoms in total. The van der Waals surface area contributed by atoms with Gasteiger partial charge in [-0.2, -0.15) is 8.42 Å². The normalized spacial score (nSPS) is 18.1. The number of hydrogen-bond donors (Lipinski definition) is 1. The average molecular weight is 478 g/mol. The van der Waals surface area contributed by atoms with E-state index >= 15 is 0 Å². The van der Waals surface area contributed by atoms with Crippen LogP contribution in [-0.2, 0) is 23.0 Å². The molecule has 2 aromatic rings. The Morgan fingerprint density at radius 1 is 1.06 bits per heavy atom. The van der Waals surface area contributed by atoms with Crippen LogP contribution in [0.25, 0.3) is 0 Å². The van der Waals surface area contributed by atoms with Crippen molar-refractivity contribution in [1.29, 1.82) is 0 Å². The molecule has 33 heavy (non-hydrogen) atoms. The summed E-state index contributed by atoms with van der Waals surface area (Å²) in [6.45, 7) is 1.86. The number of aliphatic hydroxyl groups excluding tert-OH is 1. The minimum absolute atomic E-state index is 0.242. The zero-order chi connectivity index (χ0) is 24.0. The van der Waals surface area contributed by atoms with Gasteiger partial charge in [0, 0.05) is 6.54 Å². The van der Waals surface area contributed by atoms with Crippen molar-refractivity contribution in [3.8, 4) is 17.2 Å². The van der Waals surface area contributed by atoms with Crippen molar-refractivity contribution in [2.45, 2.75) is 38.2 Å². The first kappa shape index (κ1) is 25.3. The Labute approximate surface area is 197 Å². The number of ether oxygens (including phenoxy) is 2. The molecule has 0 aliphatic heterocycles. The van der Waals surface area contributed by atoms with Gasteiger partial charge in [0.05, 0.1) is 26.6 Å². The van der Waals surface area contributed by atoms with Crippen LogP contribution in [0.3, 0.4) is 0 Å². The zero-order valence-corrected chi connectivity index (χ0v) is 20.7. The fourth-order valence-electron chi connectivity index (χ4n) is 4.43. The summed E-state index contributed by atoms with van der Waals surface area (Å²) in [7, 11) is 1.85. The third kappa shape index (κ3) is 7.09. The number of nitrogens with zero attached hydrogens (tertiary/aromatic N) is 1. The van der Waals surface area contributed by atoms with Crippen LogP contribution in [0.1, 0.15) is 42.1 Å². The highest BCUT2D eigenvalue weighted by Gasteiger charge is 2.29. The van der Waals surface area contributed by atoms with Gasteiger partial charge in [0.1, 0.15) is 5.75 Å². The molecule has 2 atom stereocenters. The van der Waals surface area contributed by atoms with E-state index in [1.807, 2.05) is 24.3 Å². The quantitative estimate of drug-likeness (QED) is 0.495. The fraction of sp³-hybridized carbons (Fsp3) is 0.520. The highest BCUT2D eigenvalue weighted by atomic mass is 32.2. The van der Waals surface area contributed by atoms with Gasteiger partial charge in [-0.3, -0.25) is 0 Å². The molecule has 1 N–H and O–H groups in total. The Morgan fingerprint density at radius 3 is 2.36 bits per heavy atom. The van der Waals surface area contributed by atoms with Crippen LogP contribution in [0, 0.1) is 5.92 Å². The van der Waals surface area contributed by atoms with Crippen molar-refractivity contribution >= 4 is 10.1 Å². The Kier molecular flexibility index (Phi) is 8.62. The first-order chi connectivity index (χ1) is 15.7. The van der Waals surface area contributed by atoms with E-state index in [4.69, 9.17) is 13.7 Å². The summed E-state index contributed by atoms with van der Waals surface area (Å²) < 4.78 is 38.1. The van der Waals surface area contributed by atoms with Crippen molar-refractivity contribution in [1.82, 2.24) is 4.90 Å². The maximum absolute atomic E-state index is 11.2. The number of fused-ring (bicyclic) bond motifs is 1. The standard InChI is InChI=1S/C25H35NO6S/c1-26(15-13-18-7-11-21(12-8-18)32-33(4,28)29)14-5-6-19-9-10-20-16-23(30-2)24(31-3)17-22(20)25(19)27/h7-8,11-12,16-17,19,25,27H,5-6,9-10,13-15H2,1-4H3. The molecule has 0 bridgehead atoms. The lowest BCUT2D eigenvalue weighted by Crippen LogP contribution is -2.25. The molecule has 1 aliphatic rings. The Hall–Kier alpha value is -2.29. The molecule has 0 aromatic heterocycles. The van der Waals surface area contributed by atoms with E-state index in [0.717, 1.165) is 68.1 Å². The topological polar surface area (TPSA) is 85.3 Å². The first-order valence-electron chi connectivity index (χ1n) is 11.3. The molecule has 0 saturated carbocycles. The summed E-state index contributed by atoms with van der Waals surface area (Å²) >= 11 is 0. The molecular formula is C25H35NO6S. The predicted octanol–water partition coefficient (Wildman–Crippen LogP) is 3.59. The summed E-state index contributed by atoms with van der Waals surface area (Å²) in [5, 5.41) is 11.0. The van der Waals surface area contributed by atoms with E-state index in [1.54, 1.807) is 26.4 Å². The number of rotatable bonds is 11. The molecule has 2 unspecified atom stereocenters. The van der Waals surface area contributed by atoms with Crippen LogP contribution >= 0.6 is 0 Å². The maximum atomic E-state index is 11.2. The SMILES string of the molecule is COc1cc2c(cc1OC)C(O)C(CCCN(C)CCc1ccc(OS(C)(=O)=O)cc1)CC2. The van der Waals surface area contributed by atoms with E-state index in [2.05, 4.69) is 11.9 Å². The lowest BCUT2D eigenvalue weighted by Gasteiger charge is -2.31. The predicted molar refractivity (Wildman–Crippen MR) is 129 cm³/mol. The van der Waals surface area contributed by atoms with E-state index in [-0.39, 0.29) is 5.92 Å². The number of aliphatic hydroxyl groups is 1. The second kappa shape index (κ2) is 11.2. The number of hydrogen-bond acceptors (Lipinski definition) is 7. The number of aryl methyl sites for hydroxylation is 1. The Balaban J connectivity index is 1.45. The molecule has 0 spiro atoms. The first-order valence-corrected chi connectivity index (χ1v) is 13.1. The highest BCUT2D eigenvalue weighted by Crippen LogP contribution is 2.42. The molecule has 8 heteroatoms. The molecule has 0 amide bonds. The molecule has 2 aromatic carbocycles. The van der Waals surface area contributed by atoms with Gasteiger partial charge < -0.3 is 23.7 Å². The van der Waals surface area contributed by atoms with Crippen molar-refractivity contribution < 1.29 is 27.2 Å². The number of likely N-dealkylation sites (N-methyl/N-ethyl adjacent to an activating group) is 1. The second-order valence-electron chi connectivity index (χ2n) is 8.78. The van der Waals surface area contributed by atoms with Gasteiger partial charge in [-0.1, -0.05) is 12.1 Å². The van der Waals surface area contributed by atoms with Gasteiger partial charge in [-0.05, 0) is 92.6 Å². The molecule has 182 valence electrons. The second-order valence-corrected chi connectivity index (χ2v) is 10.4. The van der Waals surface area contributed by atoms with Crippen LogP contribution in [0.2, 0.25) is 0 Å². The Morgan fingerprint density at radius 2 is 1.73 bits per heavy atom. The number of benzene rings is 2. The molecular weight excluding hydrogens is 442 g/mol. The van der Waals surface area contributed by atoms with E-state index in [1.165, 1.54) is 0 Å². The minimum atomic E-state index is -3.50. The summed E-state index contributed by atoms with van der Waals surface area (Å²) in [5.41, 5.74) is 3.23. The molecule has 1 aliphatic carbocycles. The third-order valence-electron chi connectivity index (χ3n) is 6.26. The largest absolute Gasteiger partial charge is 0.493 e. The van der Waals surface area contributed by atoms with Crippen LogP contribution in [0.5, 0.6) is 17.2 Å². The van der Waals surface area contributed by atoms with Gasteiger partial charge in [0.2, 0.25) is 0 Å². The molecule has 0 heterocycles. The van der Waals surface area contributed by atoms with Gasteiger partial charge >= 0.3 is 10.1 Å². The van der Waals surface area contributed by atoms with Crippen LogP contribution in [0.4, 0.5) is 0 Å². The van der Waals surface area contributed by atoms with Crippen molar-refractivity contribution in [2.75, 3.05) is 40.6 Å². The van der Waals surface area contributed by atoms with Crippen LogP contribution < -0.4 is 13.7 Å². The summed E-state index contributed by atoms with van der Waals surface area (Å²) in [5.74, 6) is 1.94. The van der Waals surface area contributed by atoms with Crippen LogP contribution in [-0.4, -0.2) is 59.0 Å². The highest BCUT2D eigenvalue weighted by molar-refractivity contribution is 7.86. The van der Waals surface area contributed by atoms with Crippen molar-refractivity contribution in [3.63, 3.8) is 0 Å². The lowest BCUT2D eigenvalue weighted by atomic mass is 9.79. The van der Waals surface area contributed by atoms with Gasteiger partial charge in [-0.15, -0.1) is 0 Å².